The molecule has 3 amide bonds. The first-order valence-corrected chi connectivity index (χ1v) is 9.92. The van der Waals surface area contributed by atoms with E-state index >= 15 is 0 Å². The Kier molecular flexibility index (Phi) is 5.96. The Hall–Kier alpha value is -1.89. The van der Waals surface area contributed by atoms with Crippen molar-refractivity contribution in [3.05, 3.63) is 57.6 Å². The summed E-state index contributed by atoms with van der Waals surface area (Å²) in [5.74, 6) is -0.319. The van der Waals surface area contributed by atoms with Crippen LogP contribution >= 0.6 is 35.0 Å². The molecule has 2 aromatic carbocycles. The van der Waals surface area contributed by atoms with E-state index in [0.717, 1.165) is 10.5 Å². The van der Waals surface area contributed by atoms with Crippen LogP contribution in [0.5, 0.6) is 0 Å². The van der Waals surface area contributed by atoms with Gasteiger partial charge in [0.2, 0.25) is 0 Å². The molecular formula is C18H17Cl2N3O2S. The molecule has 0 spiro atoms. The molecule has 0 atom stereocenters. The highest BCUT2D eigenvalue weighted by molar-refractivity contribution is 7.98. The van der Waals surface area contributed by atoms with Crippen molar-refractivity contribution >= 4 is 52.6 Å². The van der Waals surface area contributed by atoms with Crippen LogP contribution in [0.4, 0.5) is 10.5 Å². The van der Waals surface area contributed by atoms with Gasteiger partial charge in [-0.15, -0.1) is 11.8 Å². The minimum Gasteiger partial charge on any atom is -0.336 e. The molecule has 0 aliphatic carbocycles. The van der Waals surface area contributed by atoms with Gasteiger partial charge in [0.15, 0.2) is 0 Å². The van der Waals surface area contributed by atoms with Gasteiger partial charge >= 0.3 is 6.03 Å². The van der Waals surface area contributed by atoms with Gasteiger partial charge in [-0.25, -0.2) is 4.79 Å². The van der Waals surface area contributed by atoms with E-state index in [1.165, 1.54) is 11.8 Å². The normalized spacial score (nSPS) is 13.7. The summed E-state index contributed by atoms with van der Waals surface area (Å²) in [4.78, 5) is 27.0. The number of para-hydroxylation sites is 1. The molecule has 1 aliphatic heterocycles. The van der Waals surface area contributed by atoms with Crippen LogP contribution in [0.15, 0.2) is 41.3 Å². The number of anilines is 1. The van der Waals surface area contributed by atoms with Gasteiger partial charge in [0.25, 0.3) is 5.91 Å². The third-order valence-corrected chi connectivity index (χ3v) is 5.57. The van der Waals surface area contributed by atoms with E-state index in [1.54, 1.807) is 23.1 Å². The fourth-order valence-electron chi connectivity index (χ4n) is 2.70. The van der Waals surface area contributed by atoms with E-state index in [0.29, 0.717) is 40.9 Å². The molecule has 1 fully saturated rings. The zero-order chi connectivity index (χ0) is 18.7. The summed E-state index contributed by atoms with van der Waals surface area (Å²) in [5, 5.41) is 6.47. The molecule has 26 heavy (non-hydrogen) atoms. The summed E-state index contributed by atoms with van der Waals surface area (Å²) in [7, 11) is 0. The first kappa shape index (κ1) is 18.9. The van der Waals surface area contributed by atoms with E-state index in [4.69, 9.17) is 23.2 Å². The molecule has 0 bridgehead atoms. The van der Waals surface area contributed by atoms with Gasteiger partial charge in [0.1, 0.15) is 0 Å². The van der Waals surface area contributed by atoms with Crippen LogP contribution < -0.4 is 10.6 Å². The zero-order valence-corrected chi connectivity index (χ0v) is 16.3. The van der Waals surface area contributed by atoms with E-state index in [9.17, 15) is 9.59 Å². The number of hydrogen-bond acceptors (Lipinski definition) is 3. The predicted molar refractivity (Wildman–Crippen MR) is 106 cm³/mol. The summed E-state index contributed by atoms with van der Waals surface area (Å²) in [5.41, 5.74) is 1.86. The molecule has 1 aliphatic rings. The SMILES string of the molecule is CSc1cc(C(=O)Nc2ccccc2CN2CCNC2=O)c(Cl)cc1Cl. The lowest BCUT2D eigenvalue weighted by atomic mass is 10.1. The second-order valence-corrected chi connectivity index (χ2v) is 7.39. The van der Waals surface area contributed by atoms with E-state index in [-0.39, 0.29) is 11.9 Å². The standard InChI is InChI=1S/C18H17Cl2N3O2S/c1-26-16-8-12(13(19)9-14(16)20)17(24)22-15-5-3-2-4-11(15)10-23-7-6-21-18(23)25/h2-5,8-9H,6-7,10H2,1H3,(H,21,25)(H,22,24). The molecule has 1 heterocycles. The Morgan fingerprint density at radius 2 is 2.04 bits per heavy atom. The fourth-order valence-corrected chi connectivity index (χ4v) is 3.89. The highest BCUT2D eigenvalue weighted by atomic mass is 35.5. The Morgan fingerprint density at radius 3 is 2.73 bits per heavy atom. The Balaban J connectivity index is 1.83. The van der Waals surface area contributed by atoms with Crippen molar-refractivity contribution in [3.63, 3.8) is 0 Å². The summed E-state index contributed by atoms with van der Waals surface area (Å²) < 4.78 is 0. The number of halogens is 2. The highest BCUT2D eigenvalue weighted by Gasteiger charge is 2.21. The molecular weight excluding hydrogens is 393 g/mol. The van der Waals surface area contributed by atoms with Crippen molar-refractivity contribution in [2.45, 2.75) is 11.4 Å². The number of benzene rings is 2. The molecule has 2 N–H and O–H groups in total. The number of amides is 3. The van der Waals surface area contributed by atoms with Crippen molar-refractivity contribution in [2.75, 3.05) is 24.7 Å². The van der Waals surface area contributed by atoms with Crippen molar-refractivity contribution in [1.29, 1.82) is 0 Å². The van der Waals surface area contributed by atoms with Crippen LogP contribution in [-0.2, 0) is 6.54 Å². The third kappa shape index (κ3) is 4.09. The van der Waals surface area contributed by atoms with Crippen LogP contribution in [0.1, 0.15) is 15.9 Å². The quantitative estimate of drug-likeness (QED) is 0.714. The van der Waals surface area contributed by atoms with E-state index in [2.05, 4.69) is 10.6 Å². The van der Waals surface area contributed by atoms with Crippen molar-refractivity contribution in [2.24, 2.45) is 0 Å². The van der Waals surface area contributed by atoms with Crippen LogP contribution in [0.3, 0.4) is 0 Å². The topological polar surface area (TPSA) is 61.4 Å². The molecule has 1 saturated heterocycles. The van der Waals surface area contributed by atoms with E-state index < -0.39 is 0 Å². The zero-order valence-electron chi connectivity index (χ0n) is 14.0. The van der Waals surface area contributed by atoms with Gasteiger partial charge in [0.05, 0.1) is 15.6 Å². The maximum Gasteiger partial charge on any atom is 0.317 e. The molecule has 3 rings (SSSR count). The first-order chi connectivity index (χ1) is 12.5. The van der Waals surface area contributed by atoms with Gasteiger partial charge in [-0.05, 0) is 30.0 Å². The second kappa shape index (κ2) is 8.20. The van der Waals surface area contributed by atoms with Gasteiger partial charge in [-0.3, -0.25) is 4.79 Å². The molecule has 0 unspecified atom stereocenters. The summed E-state index contributed by atoms with van der Waals surface area (Å²) >= 11 is 13.8. The number of carbonyl (C=O) groups is 2. The lowest BCUT2D eigenvalue weighted by Gasteiger charge is -2.17. The number of carbonyl (C=O) groups excluding carboxylic acids is 2. The summed E-state index contributed by atoms with van der Waals surface area (Å²) in [6, 6.07) is 10.6. The van der Waals surface area contributed by atoms with Crippen molar-refractivity contribution in [1.82, 2.24) is 10.2 Å². The second-order valence-electron chi connectivity index (χ2n) is 5.73. The molecule has 8 heteroatoms. The number of urea groups is 1. The highest BCUT2D eigenvalue weighted by Crippen LogP contribution is 2.31. The molecule has 136 valence electrons. The Bertz CT molecular complexity index is 860. The lowest BCUT2D eigenvalue weighted by Crippen LogP contribution is -2.28. The van der Waals surface area contributed by atoms with Crippen molar-refractivity contribution < 1.29 is 9.59 Å². The molecule has 2 aromatic rings. The number of thioether (sulfide) groups is 1. The average molecular weight is 410 g/mol. The maximum absolute atomic E-state index is 12.7. The minimum absolute atomic E-state index is 0.100. The minimum atomic E-state index is -0.319. The Morgan fingerprint density at radius 1 is 1.27 bits per heavy atom. The molecule has 0 aromatic heterocycles. The third-order valence-electron chi connectivity index (χ3n) is 4.06. The summed E-state index contributed by atoms with van der Waals surface area (Å²) in [6.07, 6.45) is 1.88. The number of rotatable bonds is 5. The van der Waals surface area contributed by atoms with E-state index in [1.807, 2.05) is 24.5 Å². The summed E-state index contributed by atoms with van der Waals surface area (Å²) in [6.45, 7) is 1.69. The molecule has 5 nitrogen and oxygen atoms in total. The maximum atomic E-state index is 12.7. The van der Waals surface area contributed by atoms with Crippen LogP contribution in [0.2, 0.25) is 10.0 Å². The van der Waals surface area contributed by atoms with Crippen LogP contribution in [-0.4, -0.2) is 36.2 Å². The number of nitrogens with one attached hydrogen (secondary N) is 2. The van der Waals surface area contributed by atoms with Gasteiger partial charge in [0, 0.05) is 30.2 Å². The average Bonchev–Trinajstić information content (AvgIpc) is 3.01. The van der Waals surface area contributed by atoms with Gasteiger partial charge < -0.3 is 15.5 Å². The smallest absolute Gasteiger partial charge is 0.317 e. The molecule has 0 saturated carbocycles. The van der Waals surface area contributed by atoms with Crippen LogP contribution in [0.25, 0.3) is 0 Å². The first-order valence-electron chi connectivity index (χ1n) is 7.94. The monoisotopic (exact) mass is 409 g/mol. The number of hydrogen-bond donors (Lipinski definition) is 2. The largest absolute Gasteiger partial charge is 0.336 e. The fraction of sp³-hybridized carbons (Fsp3) is 0.222. The van der Waals surface area contributed by atoms with Crippen molar-refractivity contribution in [3.8, 4) is 0 Å². The van der Waals surface area contributed by atoms with Gasteiger partial charge in [-0.2, -0.15) is 0 Å². The lowest BCUT2D eigenvalue weighted by molar-refractivity contribution is 0.102. The van der Waals surface area contributed by atoms with Gasteiger partial charge in [-0.1, -0.05) is 41.4 Å². The Labute approximate surface area is 166 Å². The predicted octanol–water partition coefficient (Wildman–Crippen LogP) is 4.49. The van der Waals surface area contributed by atoms with Crippen LogP contribution in [0, 0.1) is 0 Å². The molecule has 0 radical (unpaired) electrons. The number of nitrogens with zero attached hydrogens (tertiary/aromatic N) is 1.